The average molecular weight is 294 g/mol. The van der Waals surface area contributed by atoms with Gasteiger partial charge in [0.25, 0.3) is 0 Å². The molecule has 0 saturated carbocycles. The van der Waals surface area contributed by atoms with Crippen molar-refractivity contribution >= 4 is 12.1 Å². The summed E-state index contributed by atoms with van der Waals surface area (Å²) in [7, 11) is 0. The van der Waals surface area contributed by atoms with Crippen LogP contribution in [0.2, 0.25) is 0 Å². The molecule has 1 aromatic heterocycles. The normalized spacial score (nSPS) is 16.6. The molecule has 0 spiro atoms. The molecule has 1 aromatic rings. The van der Waals surface area contributed by atoms with Gasteiger partial charge in [0.15, 0.2) is 0 Å². The summed E-state index contributed by atoms with van der Waals surface area (Å²) in [6.45, 7) is 6.71. The minimum atomic E-state index is -0.498. The van der Waals surface area contributed by atoms with Gasteiger partial charge < -0.3 is 15.0 Å². The molecule has 2 amide bonds. The van der Waals surface area contributed by atoms with E-state index in [1.54, 1.807) is 17.3 Å². The maximum absolute atomic E-state index is 12.1. The molecule has 7 heteroatoms. The highest BCUT2D eigenvalue weighted by atomic mass is 16.6. The number of nitrogens with one attached hydrogen (secondary N) is 1. The summed E-state index contributed by atoms with van der Waals surface area (Å²) in [5.74, 6) is 0. The number of nitrogens with zero attached hydrogens (tertiary/aromatic N) is 3. The lowest BCUT2D eigenvalue weighted by atomic mass is 10.1. The van der Waals surface area contributed by atoms with Crippen LogP contribution in [0.3, 0.4) is 0 Å². The Hall–Kier alpha value is -2.05. The number of piperidine rings is 1. The number of carbonyl (C=O) groups excluding carboxylic acids is 2. The van der Waals surface area contributed by atoms with E-state index in [4.69, 9.17) is 4.74 Å². The summed E-state index contributed by atoms with van der Waals surface area (Å²) < 4.78 is 6.69. The van der Waals surface area contributed by atoms with E-state index in [1.807, 2.05) is 20.8 Å². The molecule has 7 nitrogen and oxygen atoms in total. The van der Waals surface area contributed by atoms with Crippen LogP contribution in [-0.2, 0) is 4.74 Å². The number of hydrogen-bond donors (Lipinski definition) is 1. The monoisotopic (exact) mass is 294 g/mol. The SMILES string of the molecule is CC(C)(C)OC(=O)NC1CCN(C(=O)n2ccnc2)CC1. The number of ether oxygens (including phenoxy) is 1. The molecule has 0 unspecified atom stereocenters. The Morgan fingerprint density at radius 2 is 1.95 bits per heavy atom. The second-order valence-corrected chi connectivity index (χ2v) is 6.16. The Kier molecular flexibility index (Phi) is 4.50. The molecule has 1 fully saturated rings. The third-order valence-electron chi connectivity index (χ3n) is 3.21. The minimum absolute atomic E-state index is 0.0479. The molecule has 2 rings (SSSR count). The molecule has 1 N–H and O–H groups in total. The predicted octanol–water partition coefficient (Wildman–Crippen LogP) is 1.84. The van der Waals surface area contributed by atoms with Crippen LogP contribution >= 0.6 is 0 Å². The van der Waals surface area contributed by atoms with Crippen molar-refractivity contribution in [3.05, 3.63) is 18.7 Å². The molecule has 0 aromatic carbocycles. The number of amides is 2. The number of alkyl carbamates (subject to hydrolysis) is 1. The van der Waals surface area contributed by atoms with Crippen molar-refractivity contribution in [2.45, 2.75) is 45.3 Å². The fourth-order valence-corrected chi connectivity index (χ4v) is 2.22. The summed E-state index contributed by atoms with van der Waals surface area (Å²) in [6.07, 6.45) is 5.75. The molecule has 116 valence electrons. The molecule has 1 saturated heterocycles. The lowest BCUT2D eigenvalue weighted by Gasteiger charge is -2.32. The van der Waals surface area contributed by atoms with Gasteiger partial charge in [-0.05, 0) is 33.6 Å². The number of hydrogen-bond acceptors (Lipinski definition) is 4. The van der Waals surface area contributed by atoms with E-state index in [0.717, 1.165) is 12.8 Å². The van der Waals surface area contributed by atoms with E-state index in [0.29, 0.717) is 13.1 Å². The summed E-state index contributed by atoms with van der Waals surface area (Å²) in [6, 6.07) is -0.0325. The molecular formula is C14H22N4O3. The highest BCUT2D eigenvalue weighted by molar-refractivity contribution is 5.76. The van der Waals surface area contributed by atoms with E-state index >= 15 is 0 Å². The van der Waals surface area contributed by atoms with E-state index in [-0.39, 0.29) is 12.1 Å². The Labute approximate surface area is 124 Å². The number of aromatic nitrogens is 2. The van der Waals surface area contributed by atoms with Crippen LogP contribution in [-0.4, -0.2) is 51.3 Å². The lowest BCUT2D eigenvalue weighted by molar-refractivity contribution is 0.0485. The standard InChI is InChI=1S/C14H22N4O3/c1-14(2,3)21-12(19)16-11-4-7-17(8-5-11)13(20)18-9-6-15-10-18/h6,9-11H,4-5,7-8H2,1-3H3,(H,16,19). The Morgan fingerprint density at radius 3 is 2.48 bits per heavy atom. The van der Waals surface area contributed by atoms with Crippen LogP contribution < -0.4 is 5.32 Å². The number of imidazole rings is 1. The molecule has 21 heavy (non-hydrogen) atoms. The van der Waals surface area contributed by atoms with Crippen molar-refractivity contribution in [2.24, 2.45) is 0 Å². The van der Waals surface area contributed by atoms with Gasteiger partial charge in [-0.2, -0.15) is 0 Å². The van der Waals surface area contributed by atoms with Crippen molar-refractivity contribution in [3.63, 3.8) is 0 Å². The van der Waals surface area contributed by atoms with Crippen molar-refractivity contribution in [1.29, 1.82) is 0 Å². The number of rotatable bonds is 1. The summed E-state index contributed by atoms with van der Waals surface area (Å²) in [4.78, 5) is 29.4. The Morgan fingerprint density at radius 1 is 1.29 bits per heavy atom. The molecule has 2 heterocycles. The second-order valence-electron chi connectivity index (χ2n) is 6.16. The van der Waals surface area contributed by atoms with E-state index in [1.165, 1.54) is 10.9 Å². The first-order valence-electron chi connectivity index (χ1n) is 7.12. The summed E-state index contributed by atoms with van der Waals surface area (Å²) in [5.41, 5.74) is -0.498. The number of likely N-dealkylation sites (tertiary alicyclic amines) is 1. The van der Waals surface area contributed by atoms with E-state index < -0.39 is 11.7 Å². The van der Waals surface area contributed by atoms with Crippen LogP contribution in [0.1, 0.15) is 33.6 Å². The Balaban J connectivity index is 1.78. The van der Waals surface area contributed by atoms with Gasteiger partial charge in [0.05, 0.1) is 0 Å². The van der Waals surface area contributed by atoms with Gasteiger partial charge in [-0.15, -0.1) is 0 Å². The van der Waals surface area contributed by atoms with Gasteiger partial charge in [0.2, 0.25) is 0 Å². The van der Waals surface area contributed by atoms with Crippen molar-refractivity contribution in [1.82, 2.24) is 19.8 Å². The summed E-state index contributed by atoms with van der Waals surface area (Å²) >= 11 is 0. The Bertz CT molecular complexity index is 485. The van der Waals surface area contributed by atoms with Gasteiger partial charge in [-0.25, -0.2) is 14.6 Å². The first-order chi connectivity index (χ1) is 9.85. The van der Waals surface area contributed by atoms with Gasteiger partial charge >= 0.3 is 12.1 Å². The lowest BCUT2D eigenvalue weighted by Crippen LogP contribution is -2.48. The maximum atomic E-state index is 12.1. The molecule has 1 aliphatic rings. The van der Waals surface area contributed by atoms with Crippen LogP contribution in [0.5, 0.6) is 0 Å². The zero-order chi connectivity index (χ0) is 15.5. The molecule has 1 aliphatic heterocycles. The van der Waals surface area contributed by atoms with Gasteiger partial charge in [-0.1, -0.05) is 0 Å². The highest BCUT2D eigenvalue weighted by Gasteiger charge is 2.26. The van der Waals surface area contributed by atoms with Crippen molar-refractivity contribution in [2.75, 3.05) is 13.1 Å². The zero-order valence-electron chi connectivity index (χ0n) is 12.7. The van der Waals surface area contributed by atoms with Gasteiger partial charge in [-0.3, -0.25) is 4.57 Å². The minimum Gasteiger partial charge on any atom is -0.444 e. The van der Waals surface area contributed by atoms with Crippen LogP contribution in [0.4, 0.5) is 9.59 Å². The first kappa shape index (κ1) is 15.3. The first-order valence-corrected chi connectivity index (χ1v) is 7.12. The predicted molar refractivity (Wildman–Crippen MR) is 77.0 cm³/mol. The smallest absolute Gasteiger partial charge is 0.407 e. The quantitative estimate of drug-likeness (QED) is 0.857. The molecule has 0 radical (unpaired) electrons. The topological polar surface area (TPSA) is 76.5 Å². The molecule has 0 aliphatic carbocycles. The van der Waals surface area contributed by atoms with Crippen LogP contribution in [0, 0.1) is 0 Å². The van der Waals surface area contributed by atoms with Crippen molar-refractivity contribution in [3.8, 4) is 0 Å². The second kappa shape index (κ2) is 6.15. The maximum Gasteiger partial charge on any atom is 0.407 e. The zero-order valence-corrected chi connectivity index (χ0v) is 12.7. The largest absolute Gasteiger partial charge is 0.444 e. The highest BCUT2D eigenvalue weighted by Crippen LogP contribution is 2.13. The van der Waals surface area contributed by atoms with Gasteiger partial charge in [0.1, 0.15) is 11.9 Å². The third-order valence-corrected chi connectivity index (χ3v) is 3.21. The van der Waals surface area contributed by atoms with Crippen molar-refractivity contribution < 1.29 is 14.3 Å². The van der Waals surface area contributed by atoms with E-state index in [2.05, 4.69) is 10.3 Å². The molecule has 0 atom stereocenters. The fraction of sp³-hybridized carbons (Fsp3) is 0.643. The third kappa shape index (κ3) is 4.47. The number of carbonyl (C=O) groups is 2. The summed E-state index contributed by atoms with van der Waals surface area (Å²) in [5, 5.41) is 2.85. The van der Waals surface area contributed by atoms with Crippen LogP contribution in [0.15, 0.2) is 18.7 Å². The molecule has 0 bridgehead atoms. The molecular weight excluding hydrogens is 272 g/mol. The average Bonchev–Trinajstić information content (AvgIpc) is 2.90. The van der Waals surface area contributed by atoms with Crippen LogP contribution in [0.25, 0.3) is 0 Å². The fourth-order valence-electron chi connectivity index (χ4n) is 2.22. The van der Waals surface area contributed by atoms with Gasteiger partial charge in [0, 0.05) is 31.5 Å². The van der Waals surface area contributed by atoms with E-state index in [9.17, 15) is 9.59 Å².